The topological polar surface area (TPSA) is 82.1 Å². The summed E-state index contributed by atoms with van der Waals surface area (Å²) in [4.78, 5) is 38.6. The summed E-state index contributed by atoms with van der Waals surface area (Å²) in [5.74, 6) is 0.936. The van der Waals surface area contributed by atoms with Crippen molar-refractivity contribution >= 4 is 17.9 Å². The summed E-state index contributed by atoms with van der Waals surface area (Å²) in [6.07, 6.45) is 21.0. The van der Waals surface area contributed by atoms with E-state index >= 15 is 0 Å². The Morgan fingerprint density at radius 1 is 0.523 bits per heavy atom. The number of ether oxygens (including phenoxy) is 3. The number of esters is 3. The third-order valence-corrected chi connectivity index (χ3v) is 8.43. The van der Waals surface area contributed by atoms with E-state index in [2.05, 4.69) is 32.6 Å². The van der Waals surface area contributed by atoms with Gasteiger partial charge in [-0.25, -0.2) is 0 Å². The Balaban J connectivity index is 4.18. The zero-order valence-corrected chi connectivity index (χ0v) is 29.8. The molecule has 0 fully saturated rings. The van der Waals surface area contributed by atoms with Crippen LogP contribution >= 0.6 is 0 Å². The molecule has 0 aromatic rings. The van der Waals surface area contributed by atoms with Gasteiger partial charge in [0.1, 0.15) is 6.10 Å². The average Bonchev–Trinajstić information content (AvgIpc) is 2.99. The maximum absolute atomic E-state index is 12.5. The van der Waals surface area contributed by atoms with E-state index < -0.39 is 0 Å². The molecular formula is C37H71NO6. The lowest BCUT2D eigenvalue weighted by molar-refractivity contribution is -0.150. The van der Waals surface area contributed by atoms with Crippen molar-refractivity contribution in [1.29, 1.82) is 0 Å². The molecule has 44 heavy (non-hydrogen) atoms. The summed E-state index contributed by atoms with van der Waals surface area (Å²) in [7, 11) is 4.03. The minimum atomic E-state index is -0.0938. The Bertz CT molecular complexity index is 653. The summed E-state index contributed by atoms with van der Waals surface area (Å²) >= 11 is 0. The van der Waals surface area contributed by atoms with E-state index in [4.69, 9.17) is 14.2 Å². The highest BCUT2D eigenvalue weighted by Gasteiger charge is 2.15. The molecule has 0 aromatic carbocycles. The molecule has 0 radical (unpaired) electrons. The number of rotatable bonds is 31. The second kappa shape index (κ2) is 30.0. The smallest absolute Gasteiger partial charge is 0.306 e. The largest absolute Gasteiger partial charge is 0.466 e. The summed E-state index contributed by atoms with van der Waals surface area (Å²) in [6, 6.07) is 0. The molecule has 0 amide bonds. The SMILES string of the molecule is CCCCC(C)CCC(=O)OCCCCCCC(CCCCCCOC(=O)CCC(C)CCCC)OC(=O)CCCN(C)C. The second-order valence-corrected chi connectivity index (χ2v) is 13.4. The van der Waals surface area contributed by atoms with Crippen LogP contribution in [0.4, 0.5) is 0 Å². The van der Waals surface area contributed by atoms with Crippen molar-refractivity contribution in [3.63, 3.8) is 0 Å². The number of hydrogen-bond acceptors (Lipinski definition) is 7. The lowest BCUT2D eigenvalue weighted by Crippen LogP contribution is -2.20. The van der Waals surface area contributed by atoms with Gasteiger partial charge >= 0.3 is 17.9 Å². The van der Waals surface area contributed by atoms with Gasteiger partial charge in [-0.1, -0.05) is 91.9 Å². The fraction of sp³-hybridized carbons (Fsp3) is 0.919. The third-order valence-electron chi connectivity index (χ3n) is 8.43. The predicted molar refractivity (Wildman–Crippen MR) is 182 cm³/mol. The third kappa shape index (κ3) is 29.1. The number of carbonyl (C=O) groups is 3. The molecular weight excluding hydrogens is 554 g/mol. The van der Waals surface area contributed by atoms with E-state index in [0.717, 1.165) is 90.0 Å². The predicted octanol–water partition coefficient (Wildman–Crippen LogP) is 9.44. The van der Waals surface area contributed by atoms with Crippen molar-refractivity contribution in [1.82, 2.24) is 4.90 Å². The van der Waals surface area contributed by atoms with Gasteiger partial charge in [-0.15, -0.1) is 0 Å². The van der Waals surface area contributed by atoms with Crippen molar-refractivity contribution in [2.75, 3.05) is 33.9 Å². The van der Waals surface area contributed by atoms with E-state index in [0.29, 0.717) is 44.3 Å². The number of hydrogen-bond donors (Lipinski definition) is 0. The molecule has 0 aliphatic carbocycles. The van der Waals surface area contributed by atoms with Crippen LogP contribution < -0.4 is 0 Å². The second-order valence-electron chi connectivity index (χ2n) is 13.4. The van der Waals surface area contributed by atoms with E-state index in [-0.39, 0.29) is 24.0 Å². The number of unbranched alkanes of at least 4 members (excludes halogenated alkanes) is 8. The van der Waals surface area contributed by atoms with Gasteiger partial charge in [0.25, 0.3) is 0 Å². The van der Waals surface area contributed by atoms with E-state index in [1.165, 1.54) is 38.5 Å². The molecule has 0 bridgehead atoms. The van der Waals surface area contributed by atoms with Crippen LogP contribution in [0.1, 0.15) is 169 Å². The highest BCUT2D eigenvalue weighted by atomic mass is 16.5. The monoisotopic (exact) mass is 626 g/mol. The molecule has 0 aromatic heterocycles. The fourth-order valence-corrected chi connectivity index (χ4v) is 5.34. The van der Waals surface area contributed by atoms with Crippen molar-refractivity contribution in [2.24, 2.45) is 11.8 Å². The maximum atomic E-state index is 12.5. The van der Waals surface area contributed by atoms with Crippen LogP contribution in [0.25, 0.3) is 0 Å². The minimum absolute atomic E-state index is 0.0399. The van der Waals surface area contributed by atoms with Gasteiger partial charge in [0, 0.05) is 19.3 Å². The van der Waals surface area contributed by atoms with Gasteiger partial charge in [-0.2, -0.15) is 0 Å². The standard InChI is InChI=1S/C37H71NO6/c1-7-9-20-32(3)25-27-35(39)42-30-17-13-11-15-22-34(44-37(41)24-19-29-38(5)6)23-16-12-14-18-31-43-36(40)28-26-33(4)21-10-8-2/h32-34H,7-31H2,1-6H3. The van der Waals surface area contributed by atoms with Crippen molar-refractivity contribution < 1.29 is 28.6 Å². The van der Waals surface area contributed by atoms with E-state index in [9.17, 15) is 14.4 Å². The molecule has 7 nitrogen and oxygen atoms in total. The number of nitrogens with zero attached hydrogens (tertiary/aromatic N) is 1. The first-order valence-corrected chi connectivity index (χ1v) is 18.3. The summed E-state index contributed by atoms with van der Waals surface area (Å²) < 4.78 is 16.8. The quantitative estimate of drug-likeness (QED) is 0.0431. The van der Waals surface area contributed by atoms with Crippen LogP contribution in [0.3, 0.4) is 0 Å². The molecule has 0 aliphatic heterocycles. The fourth-order valence-electron chi connectivity index (χ4n) is 5.34. The Labute approximate surface area is 271 Å². The average molecular weight is 626 g/mol. The highest BCUT2D eigenvalue weighted by molar-refractivity contribution is 5.70. The van der Waals surface area contributed by atoms with Crippen molar-refractivity contribution in [3.8, 4) is 0 Å². The first-order valence-electron chi connectivity index (χ1n) is 18.3. The Morgan fingerprint density at radius 2 is 0.977 bits per heavy atom. The summed E-state index contributed by atoms with van der Waals surface area (Å²) in [5.41, 5.74) is 0. The molecule has 0 saturated heterocycles. The molecule has 2 unspecified atom stereocenters. The molecule has 0 saturated carbocycles. The van der Waals surface area contributed by atoms with Gasteiger partial charge in [-0.3, -0.25) is 14.4 Å². The number of carbonyl (C=O) groups excluding carboxylic acids is 3. The molecule has 0 N–H and O–H groups in total. The van der Waals surface area contributed by atoms with Gasteiger partial charge in [0.15, 0.2) is 0 Å². The molecule has 2 atom stereocenters. The van der Waals surface area contributed by atoms with Gasteiger partial charge in [0.2, 0.25) is 0 Å². The van der Waals surface area contributed by atoms with Crippen molar-refractivity contribution in [3.05, 3.63) is 0 Å². The molecule has 260 valence electrons. The Morgan fingerprint density at radius 3 is 1.41 bits per heavy atom. The summed E-state index contributed by atoms with van der Waals surface area (Å²) in [5, 5.41) is 0. The Hall–Kier alpha value is -1.63. The zero-order valence-electron chi connectivity index (χ0n) is 29.8. The molecule has 0 aliphatic rings. The first-order chi connectivity index (χ1) is 21.2. The molecule has 0 heterocycles. The lowest BCUT2D eigenvalue weighted by Gasteiger charge is -2.18. The van der Waals surface area contributed by atoms with Crippen LogP contribution in [0.5, 0.6) is 0 Å². The molecule has 0 spiro atoms. The maximum Gasteiger partial charge on any atom is 0.306 e. The van der Waals surface area contributed by atoms with Crippen LogP contribution in [0.2, 0.25) is 0 Å². The Kier molecular flexibility index (Phi) is 28.9. The molecule has 0 rings (SSSR count). The van der Waals surface area contributed by atoms with E-state index in [1.807, 2.05) is 14.1 Å². The highest BCUT2D eigenvalue weighted by Crippen LogP contribution is 2.18. The minimum Gasteiger partial charge on any atom is -0.466 e. The zero-order chi connectivity index (χ0) is 32.8. The van der Waals surface area contributed by atoms with Crippen LogP contribution in [-0.2, 0) is 28.6 Å². The van der Waals surface area contributed by atoms with Gasteiger partial charge in [-0.05, 0) is 90.3 Å². The first kappa shape index (κ1) is 42.4. The van der Waals surface area contributed by atoms with Gasteiger partial charge < -0.3 is 19.1 Å². The van der Waals surface area contributed by atoms with Crippen LogP contribution in [0.15, 0.2) is 0 Å². The molecule has 7 heteroatoms. The van der Waals surface area contributed by atoms with Gasteiger partial charge in [0.05, 0.1) is 13.2 Å². The summed E-state index contributed by atoms with van der Waals surface area (Å²) in [6.45, 7) is 10.7. The van der Waals surface area contributed by atoms with Crippen LogP contribution in [-0.4, -0.2) is 62.8 Å². The van der Waals surface area contributed by atoms with E-state index in [1.54, 1.807) is 0 Å². The normalized spacial score (nSPS) is 13.4. The van der Waals surface area contributed by atoms with Crippen molar-refractivity contribution in [2.45, 2.75) is 175 Å². The lowest BCUT2D eigenvalue weighted by atomic mass is 9.99. The van der Waals surface area contributed by atoms with Crippen LogP contribution in [0, 0.1) is 11.8 Å².